The third-order valence-electron chi connectivity index (χ3n) is 11.9. The fourth-order valence-corrected chi connectivity index (χ4v) is 9.77. The van der Waals surface area contributed by atoms with Crippen LogP contribution in [0.2, 0.25) is 0 Å². The summed E-state index contributed by atoms with van der Waals surface area (Å²) >= 11 is 0. The highest BCUT2D eigenvalue weighted by atomic mass is 16.7. The van der Waals surface area contributed by atoms with E-state index in [0.29, 0.717) is 31.0 Å². The highest BCUT2D eigenvalue weighted by Gasteiger charge is 2.58. The average molecular weight is 571 g/mol. The third kappa shape index (κ3) is 6.33. The molecule has 9 atom stereocenters. The first-order chi connectivity index (χ1) is 19.3. The first-order valence-electron chi connectivity index (χ1n) is 16.9. The molecular weight excluding hydrogens is 508 g/mol. The minimum absolute atomic E-state index is 0.130. The van der Waals surface area contributed by atoms with Crippen molar-refractivity contribution in [3.63, 3.8) is 0 Å². The molecule has 0 radical (unpaired) electrons. The lowest BCUT2D eigenvalue weighted by Crippen LogP contribution is -2.54. The Morgan fingerprint density at radius 1 is 0.927 bits per heavy atom. The van der Waals surface area contributed by atoms with Gasteiger partial charge in [0.2, 0.25) is 0 Å². The van der Waals surface area contributed by atoms with Gasteiger partial charge in [0.25, 0.3) is 0 Å². The molecule has 4 aliphatic carbocycles. The van der Waals surface area contributed by atoms with Crippen LogP contribution in [0, 0.1) is 34.0 Å². The van der Waals surface area contributed by atoms with Gasteiger partial charge in [-0.1, -0.05) is 57.9 Å². The van der Waals surface area contributed by atoms with Gasteiger partial charge in [0.05, 0.1) is 12.2 Å². The van der Waals surface area contributed by atoms with Gasteiger partial charge in [-0.2, -0.15) is 0 Å². The van der Waals surface area contributed by atoms with Crippen molar-refractivity contribution in [1.29, 1.82) is 0 Å². The van der Waals surface area contributed by atoms with Crippen LogP contribution in [0.25, 0.3) is 0 Å². The Morgan fingerprint density at radius 3 is 2.27 bits per heavy atom. The number of hydrogen-bond donors (Lipinski definition) is 0. The van der Waals surface area contributed by atoms with Gasteiger partial charge < -0.3 is 18.9 Å². The summed E-state index contributed by atoms with van der Waals surface area (Å²) in [7, 11) is 0. The van der Waals surface area contributed by atoms with Crippen LogP contribution < -0.4 is 0 Å². The number of hydrogen-bond acceptors (Lipinski definition) is 4. The summed E-state index contributed by atoms with van der Waals surface area (Å²) in [5, 5.41) is 0. The molecule has 0 spiro atoms. The summed E-state index contributed by atoms with van der Waals surface area (Å²) < 4.78 is 24.7. The Labute approximate surface area is 252 Å². The molecule has 0 aromatic carbocycles. The van der Waals surface area contributed by atoms with Gasteiger partial charge >= 0.3 is 0 Å². The Morgan fingerprint density at radius 2 is 1.61 bits per heavy atom. The fourth-order valence-electron chi connectivity index (χ4n) is 9.77. The van der Waals surface area contributed by atoms with E-state index in [1.165, 1.54) is 44.1 Å². The highest BCUT2D eigenvalue weighted by Crippen LogP contribution is 2.67. The highest BCUT2D eigenvalue weighted by molar-refractivity contribution is 5.50. The van der Waals surface area contributed by atoms with Crippen molar-refractivity contribution in [3.05, 3.63) is 34.4 Å². The van der Waals surface area contributed by atoms with Crippen LogP contribution in [0.1, 0.15) is 128 Å². The van der Waals surface area contributed by atoms with Crippen molar-refractivity contribution in [1.82, 2.24) is 0 Å². The van der Waals surface area contributed by atoms with E-state index in [-0.39, 0.29) is 41.0 Å². The molecule has 1 fully saturated rings. The van der Waals surface area contributed by atoms with E-state index in [4.69, 9.17) is 18.9 Å². The van der Waals surface area contributed by atoms with Crippen molar-refractivity contribution >= 4 is 0 Å². The molecule has 0 amide bonds. The normalized spacial score (nSPS) is 35.5. The summed E-state index contributed by atoms with van der Waals surface area (Å²) in [5.41, 5.74) is 7.19. The zero-order chi connectivity index (χ0) is 30.2. The van der Waals surface area contributed by atoms with E-state index in [1.54, 1.807) is 16.7 Å². The number of allylic oxidation sites excluding steroid dienone is 5. The predicted molar refractivity (Wildman–Crippen MR) is 170 cm³/mol. The second-order valence-electron chi connectivity index (χ2n) is 14.9. The smallest absolute Gasteiger partial charge is 0.155 e. The zero-order valence-electron chi connectivity index (χ0n) is 28.4. The first-order valence-corrected chi connectivity index (χ1v) is 16.9. The molecule has 4 rings (SSSR count). The Bertz CT molecular complexity index is 1000. The second-order valence-corrected chi connectivity index (χ2v) is 14.9. The predicted octanol–water partition coefficient (Wildman–Crippen LogP) is 9.79. The van der Waals surface area contributed by atoms with Gasteiger partial charge in [0.15, 0.2) is 12.6 Å². The van der Waals surface area contributed by atoms with Crippen molar-refractivity contribution in [3.8, 4) is 0 Å². The molecule has 4 heteroatoms. The molecule has 0 aromatic heterocycles. The molecule has 0 aliphatic heterocycles. The Kier molecular flexibility index (Phi) is 10.4. The molecule has 2 unspecified atom stereocenters. The van der Waals surface area contributed by atoms with Gasteiger partial charge in [0, 0.05) is 13.2 Å². The maximum atomic E-state index is 6.59. The third-order valence-corrected chi connectivity index (χ3v) is 11.9. The molecule has 0 saturated heterocycles. The number of ether oxygens (including phenoxy) is 4. The molecule has 4 nitrogen and oxygen atoms in total. The standard InChI is InChI=1S/C37H62O4/c1-12-38-26(6)40-32(18-14-24(3)4)25(5)29-16-17-30-28-15-19-33-35(8,9)34(41-27(7)39-13-2)21-23-37(33,11)31(28)20-22-36(29,30)10/h14,17,25-27,29,32-34H,12-13,15-16,18-23H2,1-11H3/t25-,26?,27?,29+,32-,33-,34-,36+,37+/m0/s1. The lowest BCUT2D eigenvalue weighted by atomic mass is 9.46. The van der Waals surface area contributed by atoms with Gasteiger partial charge in [-0.15, -0.1) is 0 Å². The van der Waals surface area contributed by atoms with E-state index < -0.39 is 0 Å². The van der Waals surface area contributed by atoms with Crippen LogP contribution in [0.5, 0.6) is 0 Å². The van der Waals surface area contributed by atoms with Gasteiger partial charge in [-0.3, -0.25) is 0 Å². The molecule has 4 aliphatic rings. The summed E-state index contributed by atoms with van der Waals surface area (Å²) in [6, 6.07) is 0. The molecular formula is C37H62O4. The molecule has 41 heavy (non-hydrogen) atoms. The van der Waals surface area contributed by atoms with Gasteiger partial charge in [-0.05, 0) is 138 Å². The van der Waals surface area contributed by atoms with Crippen molar-refractivity contribution in [2.75, 3.05) is 13.2 Å². The molecule has 0 N–H and O–H groups in total. The second kappa shape index (κ2) is 13.0. The van der Waals surface area contributed by atoms with Crippen molar-refractivity contribution < 1.29 is 18.9 Å². The Hall–Kier alpha value is -0.940. The summed E-state index contributed by atoms with van der Waals surface area (Å²) in [4.78, 5) is 0. The van der Waals surface area contributed by atoms with E-state index >= 15 is 0 Å². The maximum absolute atomic E-state index is 6.59. The maximum Gasteiger partial charge on any atom is 0.155 e. The van der Waals surface area contributed by atoms with Gasteiger partial charge in [-0.25, -0.2) is 0 Å². The summed E-state index contributed by atoms with van der Waals surface area (Å²) in [5.74, 6) is 1.70. The molecule has 0 heterocycles. The van der Waals surface area contributed by atoms with Crippen LogP contribution in [0.3, 0.4) is 0 Å². The van der Waals surface area contributed by atoms with E-state index in [2.05, 4.69) is 81.4 Å². The monoisotopic (exact) mass is 570 g/mol. The first kappa shape index (κ1) is 33.0. The van der Waals surface area contributed by atoms with Crippen molar-refractivity contribution in [2.24, 2.45) is 34.0 Å². The molecule has 234 valence electrons. The van der Waals surface area contributed by atoms with Gasteiger partial charge in [0.1, 0.15) is 0 Å². The largest absolute Gasteiger partial charge is 0.353 e. The average Bonchev–Trinajstić information content (AvgIpc) is 3.25. The fraction of sp³-hybridized carbons (Fsp3) is 0.838. The van der Waals surface area contributed by atoms with Crippen LogP contribution in [-0.2, 0) is 18.9 Å². The SMILES string of the molecule is CCOC(C)O[C@@H](CC=C(C)C)[C@@H](C)[C@H]1CC=C2C3=C(CC[C@@]21C)[C@@]1(C)CC[C@H](OC(C)OCC)C(C)(C)[C@@H]1CC3. The summed E-state index contributed by atoms with van der Waals surface area (Å²) in [6.07, 6.45) is 14.6. The quantitative estimate of drug-likeness (QED) is 0.173. The molecule has 0 bridgehead atoms. The lowest BCUT2D eigenvalue weighted by molar-refractivity contribution is -0.214. The van der Waals surface area contributed by atoms with E-state index in [9.17, 15) is 0 Å². The lowest BCUT2D eigenvalue weighted by Gasteiger charge is -2.60. The topological polar surface area (TPSA) is 36.9 Å². The molecule has 0 aromatic rings. The number of rotatable bonds is 12. The zero-order valence-corrected chi connectivity index (χ0v) is 28.4. The van der Waals surface area contributed by atoms with E-state index in [0.717, 1.165) is 12.8 Å². The minimum Gasteiger partial charge on any atom is -0.353 e. The molecule has 1 saturated carbocycles. The Balaban J connectivity index is 1.57. The van der Waals surface area contributed by atoms with Crippen molar-refractivity contribution in [2.45, 2.75) is 152 Å². The van der Waals surface area contributed by atoms with Crippen LogP contribution in [-0.4, -0.2) is 38.0 Å². The number of fused-ring (bicyclic) bond motifs is 4. The summed E-state index contributed by atoms with van der Waals surface area (Å²) in [6.45, 7) is 26.6. The van der Waals surface area contributed by atoms with Crippen LogP contribution in [0.4, 0.5) is 0 Å². The van der Waals surface area contributed by atoms with Crippen LogP contribution in [0.15, 0.2) is 34.4 Å². The minimum atomic E-state index is -0.172. The van der Waals surface area contributed by atoms with Crippen LogP contribution >= 0.6 is 0 Å². The van der Waals surface area contributed by atoms with E-state index in [1.807, 2.05) is 6.92 Å².